The number of aliphatic imine (C=N–C) groups is 2. The number of hydrogen-bond acceptors (Lipinski definition) is 3. The van der Waals surface area contributed by atoms with E-state index in [0.29, 0.717) is 0 Å². The highest BCUT2D eigenvalue weighted by molar-refractivity contribution is 7.89. The van der Waals surface area contributed by atoms with Crippen LogP contribution in [0.4, 0.5) is 0 Å². The third-order valence-electron chi connectivity index (χ3n) is 2.36. The van der Waals surface area contributed by atoms with Crippen molar-refractivity contribution in [1.82, 2.24) is 4.90 Å². The summed E-state index contributed by atoms with van der Waals surface area (Å²) in [7, 11) is -0.212. The van der Waals surface area contributed by atoms with Crippen LogP contribution in [0.25, 0.3) is 0 Å². The molecule has 0 amide bonds. The normalized spacial score (nSPS) is 13.3. The second kappa shape index (κ2) is 6.35. The molecule has 0 spiro atoms. The molecule has 0 aromatic heterocycles. The van der Waals surface area contributed by atoms with Crippen LogP contribution < -0.4 is 16.6 Å². The molecule has 1 aromatic carbocycles. The molecule has 0 saturated carbocycles. The molecule has 110 valence electrons. The lowest BCUT2D eigenvalue weighted by molar-refractivity contribution is 0.598. The van der Waals surface area contributed by atoms with Crippen molar-refractivity contribution in [3.63, 3.8) is 0 Å². The van der Waals surface area contributed by atoms with E-state index in [4.69, 9.17) is 16.6 Å². The van der Waals surface area contributed by atoms with Crippen molar-refractivity contribution in [3.8, 4) is 0 Å². The van der Waals surface area contributed by atoms with Gasteiger partial charge in [0.25, 0.3) is 0 Å². The molecular weight excluding hydrogens is 280 g/mol. The van der Waals surface area contributed by atoms with E-state index in [9.17, 15) is 8.42 Å². The molecule has 20 heavy (non-hydrogen) atoms. The van der Waals surface area contributed by atoms with Crippen molar-refractivity contribution < 1.29 is 8.42 Å². The van der Waals surface area contributed by atoms with E-state index in [2.05, 4.69) is 9.98 Å². The molecule has 1 aromatic rings. The summed E-state index contributed by atoms with van der Waals surface area (Å²) in [6.45, 7) is 0.265. The Morgan fingerprint density at radius 3 is 2.20 bits per heavy atom. The van der Waals surface area contributed by atoms with Crippen molar-refractivity contribution in [2.24, 2.45) is 26.6 Å². The molecule has 9 heteroatoms. The van der Waals surface area contributed by atoms with Crippen LogP contribution in [0.5, 0.6) is 0 Å². The van der Waals surface area contributed by atoms with Gasteiger partial charge >= 0.3 is 0 Å². The van der Waals surface area contributed by atoms with Gasteiger partial charge in [0.1, 0.15) is 0 Å². The van der Waals surface area contributed by atoms with Gasteiger partial charge < -0.3 is 16.4 Å². The third kappa shape index (κ3) is 4.86. The first-order chi connectivity index (χ1) is 9.20. The maximum atomic E-state index is 11.1. The van der Waals surface area contributed by atoms with Gasteiger partial charge in [-0.05, 0) is 17.7 Å². The quantitative estimate of drug-likeness (QED) is 0.486. The molecule has 1 rings (SSSR count). The summed E-state index contributed by atoms with van der Waals surface area (Å²) in [4.78, 5) is 9.56. The van der Waals surface area contributed by atoms with Gasteiger partial charge in [-0.25, -0.2) is 18.5 Å². The molecule has 0 unspecified atom stereocenters. The lowest BCUT2D eigenvalue weighted by Gasteiger charge is -2.09. The highest BCUT2D eigenvalue weighted by Crippen LogP contribution is 2.09. The first-order valence-corrected chi connectivity index (χ1v) is 7.18. The number of guanidine groups is 2. The predicted molar refractivity (Wildman–Crippen MR) is 78.5 cm³/mol. The fourth-order valence-corrected chi connectivity index (χ4v) is 1.72. The summed E-state index contributed by atoms with van der Waals surface area (Å²) in [6.07, 6.45) is 0. The minimum atomic E-state index is -3.68. The van der Waals surface area contributed by atoms with Crippen LogP contribution in [0.1, 0.15) is 5.56 Å². The molecule has 0 aliphatic heterocycles. The van der Waals surface area contributed by atoms with Crippen LogP contribution in [-0.2, 0) is 16.6 Å². The Hall–Kier alpha value is -2.13. The van der Waals surface area contributed by atoms with E-state index in [1.54, 1.807) is 31.1 Å². The molecule has 0 bridgehead atoms. The minimum Gasteiger partial charge on any atom is -0.369 e. The Morgan fingerprint density at radius 2 is 1.75 bits per heavy atom. The Bertz CT molecular complexity index is 619. The van der Waals surface area contributed by atoms with E-state index in [-0.39, 0.29) is 23.4 Å². The Morgan fingerprint density at radius 1 is 1.20 bits per heavy atom. The van der Waals surface area contributed by atoms with Gasteiger partial charge in [0.05, 0.1) is 11.4 Å². The van der Waals surface area contributed by atoms with Crippen molar-refractivity contribution >= 4 is 21.9 Å². The largest absolute Gasteiger partial charge is 0.369 e. The van der Waals surface area contributed by atoms with Gasteiger partial charge in [-0.1, -0.05) is 12.1 Å². The van der Waals surface area contributed by atoms with Crippen LogP contribution in [0.2, 0.25) is 0 Å². The SMILES string of the molecule is CN(C)C(N)=NC(N)=NCc1ccc(S(N)(=O)=O)cc1. The summed E-state index contributed by atoms with van der Waals surface area (Å²) in [5.74, 6) is 0.294. The average Bonchev–Trinajstić information content (AvgIpc) is 2.35. The number of primary sulfonamides is 1. The van der Waals surface area contributed by atoms with Crippen molar-refractivity contribution in [2.45, 2.75) is 11.4 Å². The van der Waals surface area contributed by atoms with Crippen LogP contribution in [0, 0.1) is 0 Å². The number of benzene rings is 1. The van der Waals surface area contributed by atoms with E-state index in [0.717, 1.165) is 5.56 Å². The Labute approximate surface area is 118 Å². The van der Waals surface area contributed by atoms with E-state index in [1.807, 2.05) is 0 Å². The van der Waals surface area contributed by atoms with Crippen LogP contribution in [0.3, 0.4) is 0 Å². The maximum Gasteiger partial charge on any atom is 0.238 e. The molecule has 0 aliphatic carbocycles. The topological polar surface area (TPSA) is 140 Å². The molecule has 0 radical (unpaired) electrons. The second-order valence-corrected chi connectivity index (χ2v) is 5.79. The van der Waals surface area contributed by atoms with Gasteiger partial charge in [-0.3, -0.25) is 0 Å². The minimum absolute atomic E-state index is 0.0479. The molecule has 0 saturated heterocycles. The predicted octanol–water partition coefficient (Wildman–Crippen LogP) is -0.975. The third-order valence-corrected chi connectivity index (χ3v) is 3.29. The highest BCUT2D eigenvalue weighted by Gasteiger charge is 2.06. The van der Waals surface area contributed by atoms with Gasteiger partial charge in [-0.2, -0.15) is 4.99 Å². The first kappa shape index (κ1) is 15.9. The van der Waals surface area contributed by atoms with Gasteiger partial charge in [0.2, 0.25) is 16.0 Å². The summed E-state index contributed by atoms with van der Waals surface area (Å²) in [6, 6.07) is 6.03. The smallest absolute Gasteiger partial charge is 0.238 e. The number of rotatable bonds is 3. The van der Waals surface area contributed by atoms with Crippen LogP contribution >= 0.6 is 0 Å². The van der Waals surface area contributed by atoms with Gasteiger partial charge in [0, 0.05) is 14.1 Å². The molecule has 0 atom stereocenters. The summed E-state index contributed by atoms with van der Waals surface area (Å²) >= 11 is 0. The zero-order valence-electron chi connectivity index (χ0n) is 11.3. The number of hydrogen-bond donors (Lipinski definition) is 3. The fourth-order valence-electron chi connectivity index (χ4n) is 1.21. The second-order valence-electron chi connectivity index (χ2n) is 4.23. The van der Waals surface area contributed by atoms with Crippen molar-refractivity contribution in [2.75, 3.05) is 14.1 Å². The summed E-state index contributed by atoms with van der Waals surface area (Å²) in [5, 5.41) is 5.00. The number of sulfonamides is 1. The zero-order chi connectivity index (χ0) is 15.3. The summed E-state index contributed by atoms with van der Waals surface area (Å²) in [5.41, 5.74) is 12.0. The summed E-state index contributed by atoms with van der Waals surface area (Å²) < 4.78 is 22.2. The standard InChI is InChI=1S/C11H18N6O2S/c1-17(2)11(13)16-10(12)15-7-8-3-5-9(6-4-8)20(14,18)19/h3-6H,7H2,1-2H3,(H2,14,18,19)(H4,12,13,15,16). The molecule has 0 aliphatic rings. The molecule has 0 heterocycles. The highest BCUT2D eigenvalue weighted by atomic mass is 32.2. The van der Waals surface area contributed by atoms with Crippen LogP contribution in [-0.4, -0.2) is 39.3 Å². The van der Waals surface area contributed by atoms with Crippen LogP contribution in [0.15, 0.2) is 39.1 Å². The lowest BCUT2D eigenvalue weighted by atomic mass is 10.2. The monoisotopic (exact) mass is 298 g/mol. The van der Waals surface area contributed by atoms with Crippen molar-refractivity contribution in [3.05, 3.63) is 29.8 Å². The van der Waals surface area contributed by atoms with Crippen molar-refractivity contribution in [1.29, 1.82) is 0 Å². The Kier molecular flexibility index (Phi) is 5.06. The van der Waals surface area contributed by atoms with Gasteiger partial charge in [0.15, 0.2) is 5.96 Å². The number of nitrogens with two attached hydrogens (primary N) is 3. The van der Waals surface area contributed by atoms with E-state index in [1.165, 1.54) is 12.1 Å². The van der Waals surface area contributed by atoms with E-state index >= 15 is 0 Å². The Balaban J connectivity index is 2.78. The van der Waals surface area contributed by atoms with E-state index < -0.39 is 10.0 Å². The maximum absolute atomic E-state index is 11.1. The molecule has 6 N–H and O–H groups in total. The zero-order valence-corrected chi connectivity index (χ0v) is 12.1. The van der Waals surface area contributed by atoms with Gasteiger partial charge in [-0.15, -0.1) is 0 Å². The molecule has 8 nitrogen and oxygen atoms in total. The number of nitrogens with zero attached hydrogens (tertiary/aromatic N) is 3. The first-order valence-electron chi connectivity index (χ1n) is 5.63. The average molecular weight is 298 g/mol. The molecular formula is C11H18N6O2S. The lowest BCUT2D eigenvalue weighted by Crippen LogP contribution is -2.32. The molecule has 0 fully saturated rings. The fraction of sp³-hybridized carbons (Fsp3) is 0.273.